The van der Waals surface area contributed by atoms with Crippen LogP contribution in [0.4, 0.5) is 5.69 Å². The van der Waals surface area contributed by atoms with Crippen LogP contribution in [0.2, 0.25) is 0 Å². The Morgan fingerprint density at radius 1 is 1.27 bits per heavy atom. The minimum Gasteiger partial charge on any atom is -0.472 e. The van der Waals surface area contributed by atoms with Gasteiger partial charge in [-0.05, 0) is 31.0 Å². The van der Waals surface area contributed by atoms with Crippen LogP contribution >= 0.6 is 0 Å². The number of benzene rings is 1. The molecule has 0 unspecified atom stereocenters. The summed E-state index contributed by atoms with van der Waals surface area (Å²) in [6.07, 6.45) is 5.21. The number of hydrogen-bond donors (Lipinski definition) is 1. The first-order chi connectivity index (χ1) is 12.6. The monoisotopic (exact) mass is 355 g/mol. The van der Waals surface area contributed by atoms with Crippen LogP contribution in [-0.4, -0.2) is 49.4 Å². The maximum absolute atomic E-state index is 12.6. The molecule has 1 aromatic heterocycles. The van der Waals surface area contributed by atoms with E-state index in [0.29, 0.717) is 18.5 Å². The number of furan rings is 1. The van der Waals surface area contributed by atoms with Crippen molar-refractivity contribution in [3.05, 3.63) is 54.5 Å². The molecule has 0 spiro atoms. The molecule has 6 heteroatoms. The van der Waals surface area contributed by atoms with Crippen LogP contribution in [-0.2, 0) is 4.79 Å². The number of nitrogens with one attached hydrogen (secondary N) is 1. The van der Waals surface area contributed by atoms with Gasteiger partial charge in [0.2, 0.25) is 5.91 Å². The molecule has 1 aliphatic rings. The molecule has 2 aromatic rings. The highest BCUT2D eigenvalue weighted by molar-refractivity contribution is 5.94. The summed E-state index contributed by atoms with van der Waals surface area (Å²) in [5.41, 5.74) is 1.63. The third-order valence-electron chi connectivity index (χ3n) is 4.79. The fourth-order valence-corrected chi connectivity index (χ4v) is 3.38. The molecule has 0 bridgehead atoms. The number of anilines is 1. The molecule has 138 valence electrons. The van der Waals surface area contributed by atoms with Crippen molar-refractivity contribution in [3.8, 4) is 0 Å². The Hall–Kier alpha value is -2.76. The summed E-state index contributed by atoms with van der Waals surface area (Å²) in [4.78, 5) is 28.6. The molecular formula is C20H25N3O3. The molecule has 1 fully saturated rings. The Morgan fingerprint density at radius 2 is 2.08 bits per heavy atom. The van der Waals surface area contributed by atoms with E-state index >= 15 is 0 Å². The van der Waals surface area contributed by atoms with E-state index in [-0.39, 0.29) is 17.9 Å². The topological polar surface area (TPSA) is 65.8 Å². The van der Waals surface area contributed by atoms with Crippen molar-refractivity contribution in [2.24, 2.45) is 0 Å². The Balaban J connectivity index is 1.48. The standard InChI is InChI=1S/C20H25N3O3/c1-22(17-6-3-2-4-7-17)14-18-8-5-12-23(18)19(24)9-11-21-20(25)16-10-13-26-15-16/h2-4,6-7,10,13,15,18H,5,8-9,11-12,14H2,1H3,(H,21,25)/t18-/m0/s1. The average Bonchev–Trinajstić information content (AvgIpc) is 3.34. The highest BCUT2D eigenvalue weighted by atomic mass is 16.3. The van der Waals surface area contributed by atoms with Crippen molar-refractivity contribution >= 4 is 17.5 Å². The molecule has 3 rings (SSSR count). The van der Waals surface area contributed by atoms with Gasteiger partial charge in [-0.15, -0.1) is 0 Å². The van der Waals surface area contributed by atoms with Gasteiger partial charge in [0.15, 0.2) is 0 Å². The van der Waals surface area contributed by atoms with Gasteiger partial charge in [-0.3, -0.25) is 9.59 Å². The second-order valence-corrected chi connectivity index (χ2v) is 6.62. The van der Waals surface area contributed by atoms with Crippen molar-refractivity contribution in [1.29, 1.82) is 0 Å². The van der Waals surface area contributed by atoms with E-state index in [1.165, 1.54) is 12.5 Å². The molecule has 0 aliphatic carbocycles. The highest BCUT2D eigenvalue weighted by Crippen LogP contribution is 2.21. The maximum Gasteiger partial charge on any atom is 0.254 e. The lowest BCUT2D eigenvalue weighted by atomic mass is 10.2. The van der Waals surface area contributed by atoms with Gasteiger partial charge in [0, 0.05) is 44.8 Å². The fourth-order valence-electron chi connectivity index (χ4n) is 3.38. The highest BCUT2D eigenvalue weighted by Gasteiger charge is 2.29. The molecule has 1 atom stereocenters. The van der Waals surface area contributed by atoms with E-state index < -0.39 is 0 Å². The summed E-state index contributed by atoms with van der Waals surface area (Å²) in [7, 11) is 2.06. The number of nitrogens with zero attached hydrogens (tertiary/aromatic N) is 2. The maximum atomic E-state index is 12.6. The number of carbonyl (C=O) groups excluding carboxylic acids is 2. The lowest BCUT2D eigenvalue weighted by Crippen LogP contribution is -2.43. The van der Waals surface area contributed by atoms with E-state index in [9.17, 15) is 9.59 Å². The Labute approximate surface area is 153 Å². The number of rotatable bonds is 7. The fraction of sp³-hybridized carbons (Fsp3) is 0.400. The summed E-state index contributed by atoms with van der Waals surface area (Å²) in [6, 6.07) is 12.0. The number of carbonyl (C=O) groups is 2. The second kappa shape index (κ2) is 8.56. The average molecular weight is 355 g/mol. The van der Waals surface area contributed by atoms with E-state index in [0.717, 1.165) is 31.6 Å². The zero-order chi connectivity index (χ0) is 18.4. The van der Waals surface area contributed by atoms with E-state index in [4.69, 9.17) is 4.42 Å². The molecule has 0 saturated carbocycles. The first kappa shape index (κ1) is 18.0. The van der Waals surface area contributed by atoms with Crippen molar-refractivity contribution in [2.75, 3.05) is 31.6 Å². The van der Waals surface area contributed by atoms with Gasteiger partial charge >= 0.3 is 0 Å². The largest absolute Gasteiger partial charge is 0.472 e. The van der Waals surface area contributed by atoms with Crippen LogP contribution in [0.5, 0.6) is 0 Å². The quantitative estimate of drug-likeness (QED) is 0.829. The minimum atomic E-state index is -0.215. The molecule has 1 aromatic carbocycles. The normalized spacial score (nSPS) is 16.5. The van der Waals surface area contributed by atoms with Gasteiger partial charge in [-0.2, -0.15) is 0 Å². The van der Waals surface area contributed by atoms with Crippen molar-refractivity contribution in [2.45, 2.75) is 25.3 Å². The second-order valence-electron chi connectivity index (χ2n) is 6.62. The smallest absolute Gasteiger partial charge is 0.254 e. The van der Waals surface area contributed by atoms with E-state index in [1.807, 2.05) is 23.1 Å². The molecule has 0 radical (unpaired) electrons. The number of amides is 2. The summed E-state index contributed by atoms with van der Waals surface area (Å²) in [5, 5.41) is 2.76. The van der Waals surface area contributed by atoms with Gasteiger partial charge in [-0.1, -0.05) is 18.2 Å². The van der Waals surface area contributed by atoms with E-state index in [1.54, 1.807) is 6.07 Å². The van der Waals surface area contributed by atoms with Crippen LogP contribution in [0.1, 0.15) is 29.6 Å². The molecule has 26 heavy (non-hydrogen) atoms. The molecule has 2 heterocycles. The lowest BCUT2D eigenvalue weighted by Gasteiger charge is -2.30. The van der Waals surface area contributed by atoms with Crippen molar-refractivity contribution < 1.29 is 14.0 Å². The van der Waals surface area contributed by atoms with Crippen LogP contribution < -0.4 is 10.2 Å². The van der Waals surface area contributed by atoms with Crippen molar-refractivity contribution in [1.82, 2.24) is 10.2 Å². The van der Waals surface area contributed by atoms with Gasteiger partial charge < -0.3 is 19.5 Å². The summed E-state index contributed by atoms with van der Waals surface area (Å²) in [6.45, 7) is 1.94. The molecular weight excluding hydrogens is 330 g/mol. The zero-order valence-corrected chi connectivity index (χ0v) is 15.1. The SMILES string of the molecule is CN(C[C@@H]1CCCN1C(=O)CCNC(=O)c1ccoc1)c1ccccc1. The Bertz CT molecular complexity index is 715. The van der Waals surface area contributed by atoms with Crippen LogP contribution in [0.15, 0.2) is 53.3 Å². The number of hydrogen-bond acceptors (Lipinski definition) is 4. The van der Waals surface area contributed by atoms with E-state index in [2.05, 4.69) is 29.4 Å². The lowest BCUT2D eigenvalue weighted by molar-refractivity contribution is -0.131. The number of likely N-dealkylation sites (N-methyl/N-ethyl adjacent to an activating group) is 1. The third-order valence-corrected chi connectivity index (χ3v) is 4.79. The summed E-state index contributed by atoms with van der Waals surface area (Å²) < 4.78 is 4.89. The number of likely N-dealkylation sites (tertiary alicyclic amines) is 1. The minimum absolute atomic E-state index is 0.0986. The predicted octanol–water partition coefficient (Wildman–Crippen LogP) is 2.53. The van der Waals surface area contributed by atoms with Crippen LogP contribution in [0.25, 0.3) is 0 Å². The molecule has 1 N–H and O–H groups in total. The van der Waals surface area contributed by atoms with Gasteiger partial charge in [0.25, 0.3) is 5.91 Å². The first-order valence-corrected chi connectivity index (χ1v) is 9.01. The van der Waals surface area contributed by atoms with Crippen molar-refractivity contribution in [3.63, 3.8) is 0 Å². The van der Waals surface area contributed by atoms with Gasteiger partial charge in [0.05, 0.1) is 11.8 Å². The summed E-state index contributed by atoms with van der Waals surface area (Å²) >= 11 is 0. The van der Waals surface area contributed by atoms with Crippen LogP contribution in [0, 0.1) is 0 Å². The Morgan fingerprint density at radius 3 is 2.81 bits per heavy atom. The predicted molar refractivity (Wildman–Crippen MR) is 100 cm³/mol. The Kier molecular flexibility index (Phi) is 5.94. The van der Waals surface area contributed by atoms with Gasteiger partial charge in [0.1, 0.15) is 6.26 Å². The molecule has 6 nitrogen and oxygen atoms in total. The van der Waals surface area contributed by atoms with Crippen LogP contribution in [0.3, 0.4) is 0 Å². The summed E-state index contributed by atoms with van der Waals surface area (Å²) in [5.74, 6) is -0.116. The first-order valence-electron chi connectivity index (χ1n) is 9.01. The molecule has 1 saturated heterocycles. The number of para-hydroxylation sites is 1. The zero-order valence-electron chi connectivity index (χ0n) is 15.1. The third kappa shape index (κ3) is 4.45. The van der Waals surface area contributed by atoms with Gasteiger partial charge in [-0.25, -0.2) is 0 Å². The molecule has 2 amide bonds. The molecule has 1 aliphatic heterocycles.